The van der Waals surface area contributed by atoms with Gasteiger partial charge in [-0.1, -0.05) is 55.8 Å². The molecule has 42 heavy (non-hydrogen) atoms. The average Bonchev–Trinajstić information content (AvgIpc) is 2.95. The summed E-state index contributed by atoms with van der Waals surface area (Å²) in [6.07, 6.45) is 1.22. The number of carbonyl (C=O) groups excluding carboxylic acids is 4. The number of ether oxygens (including phenoxy) is 3. The topological polar surface area (TPSA) is 121 Å². The first-order valence-electron chi connectivity index (χ1n) is 13.6. The number of nitrogens with zero attached hydrogens (tertiary/aromatic N) is 1. The van der Waals surface area contributed by atoms with E-state index in [1.807, 2.05) is 31.2 Å². The molecular weight excluding hydrogens is 543 g/mol. The lowest BCUT2D eigenvalue weighted by Crippen LogP contribution is -2.41. The summed E-state index contributed by atoms with van der Waals surface area (Å²) in [6, 6.07) is 14.2. The molecule has 0 radical (unpaired) electrons. The third-order valence-electron chi connectivity index (χ3n) is 6.52. The van der Waals surface area contributed by atoms with E-state index in [1.54, 1.807) is 32.9 Å². The van der Waals surface area contributed by atoms with E-state index in [0.29, 0.717) is 11.8 Å². The Morgan fingerprint density at radius 3 is 2.14 bits per heavy atom. The molecule has 3 rings (SSSR count). The maximum Gasteiger partial charge on any atom is 0.328 e. The van der Waals surface area contributed by atoms with Crippen LogP contribution in [-0.2, 0) is 30.3 Å². The fourth-order valence-electron chi connectivity index (χ4n) is 4.23. The van der Waals surface area contributed by atoms with E-state index in [4.69, 9.17) is 14.2 Å². The predicted octanol–water partition coefficient (Wildman–Crippen LogP) is 4.69. The van der Waals surface area contributed by atoms with Crippen molar-refractivity contribution in [2.45, 2.75) is 59.1 Å². The van der Waals surface area contributed by atoms with E-state index in [9.17, 15) is 23.6 Å². The Kier molecular flexibility index (Phi) is 11.3. The Bertz CT molecular complexity index is 1350. The molecule has 1 heterocycles. The molecule has 0 bridgehead atoms. The molecule has 0 saturated heterocycles. The molecule has 0 fully saturated rings. The van der Waals surface area contributed by atoms with Gasteiger partial charge in [0, 0.05) is 24.1 Å². The number of nitrogens with one attached hydrogen (secondary N) is 1. The first-order valence-corrected chi connectivity index (χ1v) is 13.6. The number of aromatic nitrogens is 1. The molecule has 9 nitrogen and oxygen atoms in total. The smallest absolute Gasteiger partial charge is 0.328 e. The summed E-state index contributed by atoms with van der Waals surface area (Å²) < 4.78 is 30.0. The van der Waals surface area contributed by atoms with Crippen molar-refractivity contribution in [3.05, 3.63) is 94.6 Å². The Balaban J connectivity index is 1.76. The van der Waals surface area contributed by atoms with E-state index in [0.717, 1.165) is 16.7 Å². The zero-order valence-corrected chi connectivity index (χ0v) is 24.3. The molecule has 1 N–H and O–H groups in total. The summed E-state index contributed by atoms with van der Waals surface area (Å²) in [6.45, 7) is 7.98. The van der Waals surface area contributed by atoms with Crippen LogP contribution in [0.3, 0.4) is 0 Å². The van der Waals surface area contributed by atoms with Crippen molar-refractivity contribution in [2.24, 2.45) is 5.92 Å². The number of benzene rings is 2. The number of aldehydes is 1. The highest BCUT2D eigenvalue weighted by molar-refractivity contribution is 5.97. The second-order valence-electron chi connectivity index (χ2n) is 10.2. The number of esters is 2. The van der Waals surface area contributed by atoms with Gasteiger partial charge in [-0.05, 0) is 50.1 Å². The highest BCUT2D eigenvalue weighted by Gasteiger charge is 2.29. The maximum absolute atomic E-state index is 13.6. The van der Waals surface area contributed by atoms with E-state index in [-0.39, 0.29) is 29.6 Å². The highest BCUT2D eigenvalue weighted by Crippen LogP contribution is 2.31. The van der Waals surface area contributed by atoms with Crippen LogP contribution in [0.1, 0.15) is 66.4 Å². The lowest BCUT2D eigenvalue weighted by Gasteiger charge is -2.26. The Hall–Kier alpha value is -4.60. The molecule has 222 valence electrons. The van der Waals surface area contributed by atoms with Crippen molar-refractivity contribution >= 4 is 24.1 Å². The normalized spacial score (nSPS) is 13.0. The lowest BCUT2D eigenvalue weighted by molar-refractivity contribution is -0.154. The summed E-state index contributed by atoms with van der Waals surface area (Å²) in [5.74, 6) is -3.16. The quantitative estimate of drug-likeness (QED) is 0.176. The van der Waals surface area contributed by atoms with Gasteiger partial charge in [0.2, 0.25) is 6.79 Å². The first kappa shape index (κ1) is 31.9. The van der Waals surface area contributed by atoms with Crippen LogP contribution in [-0.4, -0.2) is 48.1 Å². The zero-order chi connectivity index (χ0) is 30.8. The summed E-state index contributed by atoms with van der Waals surface area (Å²) >= 11 is 0. The fourth-order valence-corrected chi connectivity index (χ4v) is 4.23. The van der Waals surface area contributed by atoms with Gasteiger partial charge in [0.25, 0.3) is 5.91 Å². The molecular formula is C32H35FN2O7. The second-order valence-corrected chi connectivity index (χ2v) is 10.2. The molecule has 10 heteroatoms. The van der Waals surface area contributed by atoms with Crippen LogP contribution < -0.4 is 10.1 Å². The Morgan fingerprint density at radius 1 is 0.929 bits per heavy atom. The van der Waals surface area contributed by atoms with Crippen molar-refractivity contribution < 1.29 is 37.8 Å². The second kappa shape index (κ2) is 14.9. The number of amides is 1. The highest BCUT2D eigenvalue weighted by atomic mass is 19.1. The van der Waals surface area contributed by atoms with E-state index < -0.39 is 42.7 Å². The number of carbonyl (C=O) groups is 4. The van der Waals surface area contributed by atoms with Gasteiger partial charge in [-0.3, -0.25) is 9.59 Å². The van der Waals surface area contributed by atoms with Crippen LogP contribution in [0.2, 0.25) is 0 Å². The van der Waals surface area contributed by atoms with Crippen LogP contribution in [0, 0.1) is 18.7 Å². The monoisotopic (exact) mass is 578 g/mol. The van der Waals surface area contributed by atoms with Gasteiger partial charge in [0.1, 0.15) is 24.2 Å². The van der Waals surface area contributed by atoms with Gasteiger partial charge in [0.15, 0.2) is 11.4 Å². The first-order chi connectivity index (χ1) is 20.0. The number of pyridine rings is 1. The molecule has 3 atom stereocenters. The molecule has 1 aromatic heterocycles. The minimum atomic E-state index is -1.09. The average molecular weight is 579 g/mol. The van der Waals surface area contributed by atoms with Crippen LogP contribution in [0.5, 0.6) is 5.75 Å². The number of aryl methyl sites for hydroxylation is 1. The molecule has 0 aliphatic heterocycles. The lowest BCUT2D eigenvalue weighted by atomic mass is 9.87. The van der Waals surface area contributed by atoms with Crippen molar-refractivity contribution in [3.8, 4) is 5.75 Å². The molecule has 0 spiro atoms. The van der Waals surface area contributed by atoms with Crippen molar-refractivity contribution in [3.63, 3.8) is 0 Å². The predicted molar refractivity (Wildman–Crippen MR) is 152 cm³/mol. The minimum absolute atomic E-state index is 0.0386. The summed E-state index contributed by atoms with van der Waals surface area (Å²) in [5, 5.41) is 2.56. The van der Waals surface area contributed by atoms with Crippen LogP contribution in [0.25, 0.3) is 0 Å². The Labute approximate surface area is 244 Å². The van der Waals surface area contributed by atoms with Gasteiger partial charge in [-0.2, -0.15) is 0 Å². The van der Waals surface area contributed by atoms with Gasteiger partial charge < -0.3 is 24.3 Å². The summed E-state index contributed by atoms with van der Waals surface area (Å²) in [5.41, 5.74) is 2.86. The van der Waals surface area contributed by atoms with Crippen molar-refractivity contribution in [1.29, 1.82) is 0 Å². The van der Waals surface area contributed by atoms with Crippen molar-refractivity contribution in [1.82, 2.24) is 10.3 Å². The molecule has 3 aromatic rings. The standard InChI is InChI=1S/C32H35FN2O7/c1-19(2)31(38)41-18-40-29-25(15-17-36)14-16-34-28(29)30(37)35-21(4)32(39)42-22(5)27(23-8-6-20(3)7-9-23)24-10-12-26(33)13-11-24/h6-14,16-17,19,21-22,27H,15,18H2,1-5H3,(H,35,37)/t21-,22?,27?/m0/s1. The van der Waals surface area contributed by atoms with Gasteiger partial charge in [-0.25, -0.2) is 14.2 Å². The molecule has 0 saturated carbocycles. The molecule has 2 unspecified atom stereocenters. The largest absolute Gasteiger partial charge is 0.460 e. The van der Waals surface area contributed by atoms with E-state index in [1.165, 1.54) is 31.3 Å². The number of hydrogen-bond acceptors (Lipinski definition) is 8. The number of halogens is 1. The molecule has 0 aliphatic rings. The maximum atomic E-state index is 13.6. The van der Waals surface area contributed by atoms with Crippen LogP contribution >= 0.6 is 0 Å². The molecule has 2 aromatic carbocycles. The van der Waals surface area contributed by atoms with Crippen molar-refractivity contribution in [2.75, 3.05) is 6.79 Å². The van der Waals surface area contributed by atoms with Crippen LogP contribution in [0.4, 0.5) is 4.39 Å². The van der Waals surface area contributed by atoms with Gasteiger partial charge in [-0.15, -0.1) is 0 Å². The summed E-state index contributed by atoms with van der Waals surface area (Å²) in [4.78, 5) is 53.4. The van der Waals surface area contributed by atoms with Gasteiger partial charge in [0.05, 0.1) is 5.92 Å². The van der Waals surface area contributed by atoms with Gasteiger partial charge >= 0.3 is 11.9 Å². The fraction of sp³-hybridized carbons (Fsp3) is 0.344. The Morgan fingerprint density at radius 2 is 1.55 bits per heavy atom. The third-order valence-corrected chi connectivity index (χ3v) is 6.52. The SMILES string of the molecule is Cc1ccc(C(c2ccc(F)cc2)C(C)OC(=O)[C@H](C)NC(=O)c2nccc(CC=O)c2OCOC(=O)C(C)C)cc1. The minimum Gasteiger partial charge on any atom is -0.460 e. The van der Waals surface area contributed by atoms with E-state index in [2.05, 4.69) is 10.3 Å². The van der Waals surface area contributed by atoms with Crippen LogP contribution in [0.15, 0.2) is 60.8 Å². The molecule has 0 aliphatic carbocycles. The number of hydrogen-bond donors (Lipinski definition) is 1. The third kappa shape index (κ3) is 8.45. The molecule has 1 amide bonds. The zero-order valence-electron chi connectivity index (χ0n) is 24.3. The number of rotatable bonds is 13. The summed E-state index contributed by atoms with van der Waals surface area (Å²) in [7, 11) is 0. The van der Waals surface area contributed by atoms with E-state index >= 15 is 0 Å².